The van der Waals surface area contributed by atoms with Crippen LogP contribution in [0.25, 0.3) is 0 Å². The summed E-state index contributed by atoms with van der Waals surface area (Å²) in [6, 6.07) is 6.83. The van der Waals surface area contributed by atoms with Crippen molar-refractivity contribution in [3.05, 3.63) is 24.3 Å². The number of thioether (sulfide) groups is 1. The molecule has 0 heterocycles. The third-order valence-electron chi connectivity index (χ3n) is 3.14. The van der Waals surface area contributed by atoms with Crippen molar-refractivity contribution in [2.45, 2.75) is 29.5 Å². The molecule has 4 nitrogen and oxygen atoms in total. The molecular weight excluding hydrogens is 325 g/mol. The topological polar surface area (TPSA) is 72.2 Å². The molecule has 2 rings (SSSR count). The Morgan fingerprint density at radius 3 is 2.29 bits per heavy atom. The van der Waals surface area contributed by atoms with Gasteiger partial charge in [0.2, 0.25) is 10.0 Å². The molecule has 3 N–H and O–H groups in total. The van der Waals surface area contributed by atoms with Crippen LogP contribution in [0.2, 0.25) is 0 Å². The zero-order chi connectivity index (χ0) is 15.7. The minimum atomic E-state index is -4.54. The average Bonchev–Trinajstić information content (AvgIpc) is 3.11. The van der Waals surface area contributed by atoms with Crippen LogP contribution in [-0.4, -0.2) is 31.6 Å². The minimum absolute atomic E-state index is 0.174. The normalized spacial score (nSPS) is 17.7. The van der Waals surface area contributed by atoms with Crippen molar-refractivity contribution >= 4 is 27.5 Å². The largest absolute Gasteiger partial charge is 0.407 e. The van der Waals surface area contributed by atoms with Crippen molar-refractivity contribution in [3.63, 3.8) is 0 Å². The highest BCUT2D eigenvalue weighted by molar-refractivity contribution is 8.00. The summed E-state index contributed by atoms with van der Waals surface area (Å²) in [4.78, 5) is 0.816. The number of sulfonamides is 1. The molecule has 0 aromatic heterocycles. The molecule has 0 radical (unpaired) electrons. The van der Waals surface area contributed by atoms with Gasteiger partial charge in [-0.1, -0.05) is 0 Å². The van der Waals surface area contributed by atoms with Crippen molar-refractivity contribution < 1.29 is 21.6 Å². The number of alkyl halides is 3. The first kappa shape index (κ1) is 16.4. The average molecular weight is 340 g/mol. The summed E-state index contributed by atoms with van der Waals surface area (Å²) < 4.78 is 63.4. The molecule has 0 aliphatic heterocycles. The molecule has 1 aliphatic carbocycles. The molecular formula is C12H15F3N2O2S2. The summed E-state index contributed by atoms with van der Waals surface area (Å²) in [5.41, 5.74) is 3.87. The monoisotopic (exact) mass is 340 g/mol. The zero-order valence-electron chi connectivity index (χ0n) is 11.0. The van der Waals surface area contributed by atoms with E-state index in [2.05, 4.69) is 0 Å². The minimum Gasteiger partial charge on any atom is -0.399 e. The van der Waals surface area contributed by atoms with Gasteiger partial charge in [-0.2, -0.15) is 17.9 Å². The van der Waals surface area contributed by atoms with Crippen LogP contribution in [0.5, 0.6) is 0 Å². The molecule has 0 spiro atoms. The van der Waals surface area contributed by atoms with E-state index in [0.29, 0.717) is 5.69 Å². The number of hydrogen-bond donors (Lipinski definition) is 2. The lowest BCUT2D eigenvalue weighted by Crippen LogP contribution is -2.48. The molecule has 9 heteroatoms. The van der Waals surface area contributed by atoms with Crippen LogP contribution >= 0.6 is 11.8 Å². The highest BCUT2D eigenvalue weighted by Crippen LogP contribution is 2.49. The lowest BCUT2D eigenvalue weighted by Gasteiger charge is -2.20. The number of hydrogen-bond acceptors (Lipinski definition) is 4. The van der Waals surface area contributed by atoms with Crippen LogP contribution in [0.15, 0.2) is 29.2 Å². The van der Waals surface area contributed by atoms with Gasteiger partial charge in [0.1, 0.15) is 5.54 Å². The Kier molecular flexibility index (Phi) is 4.46. The third-order valence-corrected chi connectivity index (χ3v) is 5.86. The van der Waals surface area contributed by atoms with Crippen LogP contribution < -0.4 is 10.5 Å². The Labute approximate surface area is 125 Å². The van der Waals surface area contributed by atoms with Gasteiger partial charge >= 0.3 is 6.18 Å². The van der Waals surface area contributed by atoms with Crippen LogP contribution in [0.4, 0.5) is 18.9 Å². The molecule has 1 saturated carbocycles. The number of rotatable bonds is 6. The smallest absolute Gasteiger partial charge is 0.399 e. The highest BCUT2D eigenvalue weighted by atomic mass is 32.2. The van der Waals surface area contributed by atoms with E-state index in [1.54, 1.807) is 29.0 Å². The molecule has 0 amide bonds. The summed E-state index contributed by atoms with van der Waals surface area (Å²) in [5.74, 6) is -0.187. The number of benzene rings is 1. The van der Waals surface area contributed by atoms with E-state index in [4.69, 9.17) is 5.73 Å². The standard InChI is InChI=1S/C12H15F3N2O2S2/c13-12(14,15)11(5-6-11)17-21(18,19)8-7-20-10-3-1-9(16)2-4-10/h1-4,17H,5-8,16H2. The number of nitrogens with two attached hydrogens (primary N) is 1. The molecule has 0 unspecified atom stereocenters. The Hall–Kier alpha value is -0.930. The van der Waals surface area contributed by atoms with E-state index < -0.39 is 21.7 Å². The van der Waals surface area contributed by atoms with E-state index >= 15 is 0 Å². The number of anilines is 1. The SMILES string of the molecule is Nc1ccc(SCCS(=O)(=O)NC2(C(F)(F)F)CC2)cc1. The predicted octanol–water partition coefficient (Wildman–Crippen LogP) is 2.38. The van der Waals surface area contributed by atoms with Crippen LogP contribution in [0, 0.1) is 0 Å². The van der Waals surface area contributed by atoms with Gasteiger partial charge in [-0.05, 0) is 37.1 Å². The van der Waals surface area contributed by atoms with Gasteiger partial charge in [-0.25, -0.2) is 8.42 Å². The van der Waals surface area contributed by atoms with Crippen LogP contribution in [-0.2, 0) is 10.0 Å². The fourth-order valence-electron chi connectivity index (χ4n) is 1.75. The summed E-state index contributed by atoms with van der Waals surface area (Å²) in [7, 11) is -3.95. The van der Waals surface area contributed by atoms with E-state index in [0.717, 1.165) is 4.90 Å². The second-order valence-corrected chi connectivity index (χ2v) is 7.93. The second kappa shape index (κ2) is 5.69. The molecule has 1 aromatic carbocycles. The molecule has 1 fully saturated rings. The summed E-state index contributed by atoms with van der Waals surface area (Å²) in [5, 5.41) is 0. The molecule has 0 atom stereocenters. The molecule has 1 aromatic rings. The van der Waals surface area contributed by atoms with E-state index in [-0.39, 0.29) is 24.3 Å². The van der Waals surface area contributed by atoms with Gasteiger partial charge in [-0.3, -0.25) is 0 Å². The van der Waals surface area contributed by atoms with Crippen molar-refractivity contribution in [1.82, 2.24) is 4.72 Å². The Morgan fingerprint density at radius 1 is 1.24 bits per heavy atom. The molecule has 0 saturated heterocycles. The Balaban J connectivity index is 1.86. The second-order valence-electron chi connectivity index (χ2n) is 4.92. The third kappa shape index (κ3) is 4.27. The highest BCUT2D eigenvalue weighted by Gasteiger charge is 2.65. The Bertz CT molecular complexity index is 596. The molecule has 0 bridgehead atoms. The molecule has 1 aliphatic rings. The van der Waals surface area contributed by atoms with Gasteiger partial charge in [-0.15, -0.1) is 11.8 Å². The number of nitrogen functional groups attached to an aromatic ring is 1. The maximum atomic E-state index is 12.7. The Morgan fingerprint density at radius 2 is 1.81 bits per heavy atom. The first-order valence-electron chi connectivity index (χ1n) is 6.20. The van der Waals surface area contributed by atoms with Crippen LogP contribution in [0.3, 0.4) is 0 Å². The summed E-state index contributed by atoms with van der Waals surface area (Å²) in [6.07, 6.45) is -4.92. The molecule has 118 valence electrons. The van der Waals surface area contributed by atoms with E-state index in [1.807, 2.05) is 0 Å². The van der Waals surface area contributed by atoms with Gasteiger partial charge in [0.05, 0.1) is 5.75 Å². The number of halogens is 3. The quantitative estimate of drug-likeness (QED) is 0.616. The van der Waals surface area contributed by atoms with Crippen molar-refractivity contribution in [3.8, 4) is 0 Å². The first-order valence-corrected chi connectivity index (χ1v) is 8.84. The zero-order valence-corrected chi connectivity index (χ0v) is 12.6. The summed E-state index contributed by atoms with van der Waals surface area (Å²) >= 11 is 1.25. The lowest BCUT2D eigenvalue weighted by atomic mass is 10.3. The maximum absolute atomic E-state index is 12.7. The van der Waals surface area contributed by atoms with Gasteiger partial charge in [0.15, 0.2) is 0 Å². The molecule has 21 heavy (non-hydrogen) atoms. The fraction of sp³-hybridized carbons (Fsp3) is 0.500. The van der Waals surface area contributed by atoms with Crippen molar-refractivity contribution in [1.29, 1.82) is 0 Å². The van der Waals surface area contributed by atoms with Gasteiger partial charge < -0.3 is 5.73 Å². The van der Waals surface area contributed by atoms with Gasteiger partial charge in [0, 0.05) is 16.3 Å². The summed E-state index contributed by atoms with van der Waals surface area (Å²) in [6.45, 7) is 0. The number of nitrogens with one attached hydrogen (secondary N) is 1. The van der Waals surface area contributed by atoms with Gasteiger partial charge in [0.25, 0.3) is 0 Å². The lowest BCUT2D eigenvalue weighted by molar-refractivity contribution is -0.160. The predicted molar refractivity (Wildman–Crippen MR) is 76.5 cm³/mol. The van der Waals surface area contributed by atoms with Crippen molar-refractivity contribution in [2.24, 2.45) is 0 Å². The maximum Gasteiger partial charge on any atom is 0.407 e. The van der Waals surface area contributed by atoms with E-state index in [9.17, 15) is 21.6 Å². The van der Waals surface area contributed by atoms with E-state index in [1.165, 1.54) is 11.8 Å². The fourth-order valence-corrected chi connectivity index (χ4v) is 4.54. The van der Waals surface area contributed by atoms with Crippen LogP contribution in [0.1, 0.15) is 12.8 Å². The van der Waals surface area contributed by atoms with Crippen molar-refractivity contribution in [2.75, 3.05) is 17.2 Å². The first-order chi connectivity index (χ1) is 9.64.